The third-order valence-corrected chi connectivity index (χ3v) is 2.43. The van der Waals surface area contributed by atoms with Crippen LogP contribution in [0.4, 0.5) is 0 Å². The maximum absolute atomic E-state index is 5.86. The lowest BCUT2D eigenvalue weighted by molar-refractivity contribution is 0.795. The molecule has 6 heteroatoms. The van der Waals surface area contributed by atoms with Gasteiger partial charge in [0.2, 0.25) is 0 Å². The molecule has 2 rings (SSSR count). The van der Waals surface area contributed by atoms with Crippen LogP contribution in [0.15, 0.2) is 23.1 Å². The van der Waals surface area contributed by atoms with Gasteiger partial charge in [0.25, 0.3) is 5.95 Å². The summed E-state index contributed by atoms with van der Waals surface area (Å²) < 4.78 is 2.38. The molecule has 0 radical (unpaired) electrons. The van der Waals surface area contributed by atoms with E-state index in [2.05, 4.69) is 31.0 Å². The Labute approximate surface area is 94.1 Å². The fourth-order valence-corrected chi connectivity index (χ4v) is 1.30. The van der Waals surface area contributed by atoms with Gasteiger partial charge in [0.15, 0.2) is 0 Å². The molecule has 2 aromatic rings. The highest BCUT2D eigenvalue weighted by molar-refractivity contribution is 9.10. The molecule has 0 bridgehead atoms. The van der Waals surface area contributed by atoms with Crippen LogP contribution in [0, 0.1) is 6.92 Å². The molecule has 0 aliphatic rings. The van der Waals surface area contributed by atoms with Crippen LogP contribution < -0.4 is 0 Å². The first-order valence-corrected chi connectivity index (χ1v) is 5.03. The van der Waals surface area contributed by atoms with Crippen LogP contribution in [0.1, 0.15) is 5.69 Å². The van der Waals surface area contributed by atoms with E-state index in [0.29, 0.717) is 11.0 Å². The van der Waals surface area contributed by atoms with E-state index >= 15 is 0 Å². The molecule has 0 unspecified atom stereocenters. The molecule has 0 aliphatic carbocycles. The molecule has 2 heterocycles. The second-order valence-electron chi connectivity index (χ2n) is 2.71. The minimum Gasteiger partial charge on any atom is -0.218 e. The zero-order valence-electron chi connectivity index (χ0n) is 7.28. The van der Waals surface area contributed by atoms with E-state index in [9.17, 15) is 0 Å². The van der Waals surface area contributed by atoms with Crippen LogP contribution in [0.2, 0.25) is 5.02 Å². The van der Waals surface area contributed by atoms with Gasteiger partial charge in [0.05, 0.1) is 21.4 Å². The molecule has 0 saturated heterocycles. The van der Waals surface area contributed by atoms with E-state index in [1.165, 1.54) is 0 Å². The Morgan fingerprint density at radius 2 is 2.00 bits per heavy atom. The van der Waals surface area contributed by atoms with Crippen LogP contribution in [-0.4, -0.2) is 19.7 Å². The highest BCUT2D eigenvalue weighted by atomic mass is 79.9. The SMILES string of the molecule is Cc1nn(-c2ncc(Br)cn2)cc1Cl. The van der Waals surface area contributed by atoms with Gasteiger partial charge in [-0.3, -0.25) is 0 Å². The summed E-state index contributed by atoms with van der Waals surface area (Å²) in [5, 5.41) is 4.76. The molecule has 0 fully saturated rings. The van der Waals surface area contributed by atoms with Crippen LogP contribution >= 0.6 is 27.5 Å². The predicted molar refractivity (Wildman–Crippen MR) is 56.6 cm³/mol. The maximum Gasteiger partial charge on any atom is 0.250 e. The number of rotatable bonds is 1. The summed E-state index contributed by atoms with van der Waals surface area (Å²) in [5.41, 5.74) is 0.762. The molecule has 0 N–H and O–H groups in total. The number of aryl methyl sites for hydroxylation is 1. The summed E-state index contributed by atoms with van der Waals surface area (Å²) in [6.07, 6.45) is 5.00. The summed E-state index contributed by atoms with van der Waals surface area (Å²) in [4.78, 5) is 8.17. The van der Waals surface area contributed by atoms with Crippen molar-refractivity contribution in [2.45, 2.75) is 6.92 Å². The second-order valence-corrected chi connectivity index (χ2v) is 4.03. The van der Waals surface area contributed by atoms with E-state index in [1.54, 1.807) is 23.3 Å². The van der Waals surface area contributed by atoms with Gasteiger partial charge < -0.3 is 0 Å². The smallest absolute Gasteiger partial charge is 0.218 e. The molecule has 14 heavy (non-hydrogen) atoms. The van der Waals surface area contributed by atoms with E-state index < -0.39 is 0 Å². The summed E-state index contributed by atoms with van der Waals surface area (Å²) in [7, 11) is 0. The first kappa shape index (κ1) is 9.61. The third kappa shape index (κ3) is 1.78. The largest absolute Gasteiger partial charge is 0.250 e. The fraction of sp³-hybridized carbons (Fsp3) is 0.125. The zero-order chi connectivity index (χ0) is 10.1. The van der Waals surface area contributed by atoms with Crippen molar-refractivity contribution < 1.29 is 0 Å². The highest BCUT2D eigenvalue weighted by Crippen LogP contribution is 2.14. The molecule has 0 aliphatic heterocycles. The minimum absolute atomic E-state index is 0.503. The molecule has 0 atom stereocenters. The van der Waals surface area contributed by atoms with Crippen molar-refractivity contribution >= 4 is 27.5 Å². The lowest BCUT2D eigenvalue weighted by atomic mass is 10.5. The number of nitrogens with zero attached hydrogens (tertiary/aromatic N) is 4. The van der Waals surface area contributed by atoms with Gasteiger partial charge in [-0.15, -0.1) is 0 Å². The van der Waals surface area contributed by atoms with E-state index in [4.69, 9.17) is 11.6 Å². The topological polar surface area (TPSA) is 43.6 Å². The number of aromatic nitrogens is 4. The molecule has 0 spiro atoms. The van der Waals surface area contributed by atoms with Crippen LogP contribution in [0.25, 0.3) is 5.95 Å². The summed E-state index contributed by atoms with van der Waals surface area (Å²) in [6.45, 7) is 1.83. The van der Waals surface area contributed by atoms with Crippen LogP contribution in [0.5, 0.6) is 0 Å². The van der Waals surface area contributed by atoms with Crippen molar-refractivity contribution in [3.8, 4) is 5.95 Å². The van der Waals surface area contributed by atoms with Gasteiger partial charge in [-0.05, 0) is 22.9 Å². The molecule has 4 nitrogen and oxygen atoms in total. The Balaban J connectivity index is 2.44. The fourth-order valence-electron chi connectivity index (χ4n) is 0.965. The Kier molecular flexibility index (Phi) is 2.52. The first-order valence-electron chi connectivity index (χ1n) is 3.86. The lowest BCUT2D eigenvalue weighted by Crippen LogP contribution is -2.00. The minimum atomic E-state index is 0.503. The average molecular weight is 274 g/mol. The Hall–Kier alpha value is -0.940. The number of halogens is 2. The molecule has 72 valence electrons. The zero-order valence-corrected chi connectivity index (χ0v) is 9.62. The molecular weight excluding hydrogens is 267 g/mol. The predicted octanol–water partition coefficient (Wildman–Crippen LogP) is 2.39. The molecule has 2 aromatic heterocycles. The molecule has 0 saturated carbocycles. The van der Waals surface area contributed by atoms with Gasteiger partial charge in [0.1, 0.15) is 0 Å². The van der Waals surface area contributed by atoms with Crippen molar-refractivity contribution in [3.63, 3.8) is 0 Å². The monoisotopic (exact) mass is 272 g/mol. The van der Waals surface area contributed by atoms with Crippen molar-refractivity contribution in [2.24, 2.45) is 0 Å². The Morgan fingerprint density at radius 3 is 2.50 bits per heavy atom. The number of hydrogen-bond acceptors (Lipinski definition) is 3. The first-order chi connectivity index (χ1) is 6.66. The normalized spacial score (nSPS) is 10.5. The standard InChI is InChI=1S/C8H6BrClN4/c1-5-7(10)4-14(13-5)8-11-2-6(9)3-12-8/h2-4H,1H3. The molecule has 0 amide bonds. The van der Waals surface area contributed by atoms with Gasteiger partial charge in [-0.25, -0.2) is 14.6 Å². The van der Waals surface area contributed by atoms with Crippen molar-refractivity contribution in [1.82, 2.24) is 19.7 Å². The Morgan fingerprint density at radius 1 is 1.36 bits per heavy atom. The van der Waals surface area contributed by atoms with Gasteiger partial charge in [-0.2, -0.15) is 5.10 Å². The number of hydrogen-bond donors (Lipinski definition) is 0. The van der Waals surface area contributed by atoms with Crippen molar-refractivity contribution in [3.05, 3.63) is 33.8 Å². The summed E-state index contributed by atoms with van der Waals surface area (Å²) in [6, 6.07) is 0. The van der Waals surface area contributed by atoms with Crippen LogP contribution in [0.3, 0.4) is 0 Å². The van der Waals surface area contributed by atoms with E-state index in [-0.39, 0.29) is 0 Å². The van der Waals surface area contributed by atoms with Crippen LogP contribution in [-0.2, 0) is 0 Å². The maximum atomic E-state index is 5.86. The summed E-state index contributed by atoms with van der Waals surface area (Å²) in [5.74, 6) is 0.503. The Bertz CT molecular complexity index is 431. The van der Waals surface area contributed by atoms with Gasteiger partial charge >= 0.3 is 0 Å². The third-order valence-electron chi connectivity index (χ3n) is 1.65. The summed E-state index contributed by atoms with van der Waals surface area (Å²) >= 11 is 9.12. The van der Waals surface area contributed by atoms with E-state index in [1.807, 2.05) is 6.92 Å². The second kappa shape index (κ2) is 3.67. The lowest BCUT2D eigenvalue weighted by Gasteiger charge is -1.97. The highest BCUT2D eigenvalue weighted by Gasteiger charge is 2.05. The average Bonchev–Trinajstić information content (AvgIpc) is 2.48. The quantitative estimate of drug-likeness (QED) is 0.801. The van der Waals surface area contributed by atoms with Gasteiger partial charge in [0, 0.05) is 12.4 Å². The van der Waals surface area contributed by atoms with Crippen molar-refractivity contribution in [2.75, 3.05) is 0 Å². The van der Waals surface area contributed by atoms with E-state index in [0.717, 1.165) is 10.2 Å². The van der Waals surface area contributed by atoms with Gasteiger partial charge in [-0.1, -0.05) is 11.6 Å². The molecular formula is C8H6BrClN4. The van der Waals surface area contributed by atoms with Crippen molar-refractivity contribution in [1.29, 1.82) is 0 Å². The molecule has 0 aromatic carbocycles.